The van der Waals surface area contributed by atoms with E-state index in [-0.39, 0.29) is 29.8 Å². The van der Waals surface area contributed by atoms with Gasteiger partial charge in [0.2, 0.25) is 17.7 Å². The topological polar surface area (TPSA) is 138 Å². The second-order valence-corrected chi connectivity index (χ2v) is 8.78. The zero-order valence-electron chi connectivity index (χ0n) is 19.0. The van der Waals surface area contributed by atoms with Crippen molar-refractivity contribution < 1.29 is 9.21 Å². The highest BCUT2D eigenvalue weighted by atomic mass is 16.4. The van der Waals surface area contributed by atoms with Crippen LogP contribution < -0.4 is 10.9 Å². The normalized spacial score (nSPS) is 17.7. The van der Waals surface area contributed by atoms with E-state index in [2.05, 4.69) is 31.6 Å². The molecule has 1 amide bonds. The number of aromatic amines is 1. The molecule has 176 valence electrons. The zero-order valence-corrected chi connectivity index (χ0v) is 19.0. The highest BCUT2D eigenvalue weighted by Gasteiger charge is 2.27. The SMILES string of the molecule is N#Cc1cccc(-c2nnc([C@H]3CC[C@H](NC(=O)CCc4nc5ccccc5c(=O)[nH]4)CC3)o2)c1. The summed E-state index contributed by atoms with van der Waals surface area (Å²) in [6.07, 6.45) is 3.95. The molecule has 2 aromatic carbocycles. The van der Waals surface area contributed by atoms with Gasteiger partial charge in [0, 0.05) is 30.4 Å². The van der Waals surface area contributed by atoms with Gasteiger partial charge in [-0.15, -0.1) is 10.2 Å². The molecule has 0 aliphatic heterocycles. The van der Waals surface area contributed by atoms with Crippen molar-refractivity contribution in [2.24, 2.45) is 0 Å². The Balaban J connectivity index is 1.12. The number of fused-ring (bicyclic) bond motifs is 1. The van der Waals surface area contributed by atoms with Crippen molar-refractivity contribution in [1.29, 1.82) is 5.26 Å². The van der Waals surface area contributed by atoms with Crippen LogP contribution in [0.3, 0.4) is 0 Å². The molecule has 0 saturated heterocycles. The van der Waals surface area contributed by atoms with Crippen LogP contribution >= 0.6 is 0 Å². The van der Waals surface area contributed by atoms with E-state index in [1.165, 1.54) is 0 Å². The van der Waals surface area contributed by atoms with Gasteiger partial charge in [0.05, 0.1) is 22.5 Å². The molecule has 0 unspecified atom stereocenters. The van der Waals surface area contributed by atoms with Crippen molar-refractivity contribution in [3.8, 4) is 17.5 Å². The first-order chi connectivity index (χ1) is 17.1. The van der Waals surface area contributed by atoms with Crippen molar-refractivity contribution in [3.63, 3.8) is 0 Å². The number of carbonyl (C=O) groups is 1. The minimum Gasteiger partial charge on any atom is -0.420 e. The predicted octanol–water partition coefficient (Wildman–Crippen LogP) is 3.62. The molecule has 1 aliphatic carbocycles. The number of aromatic nitrogens is 4. The fraction of sp³-hybridized carbons (Fsp3) is 0.308. The lowest BCUT2D eigenvalue weighted by Gasteiger charge is -2.27. The summed E-state index contributed by atoms with van der Waals surface area (Å²) in [5.74, 6) is 1.61. The molecule has 5 rings (SSSR count). The summed E-state index contributed by atoms with van der Waals surface area (Å²) in [6, 6.07) is 16.5. The molecule has 1 fully saturated rings. The maximum absolute atomic E-state index is 12.5. The van der Waals surface area contributed by atoms with Crippen LogP contribution in [0.1, 0.15) is 55.3 Å². The Morgan fingerprint density at radius 3 is 2.77 bits per heavy atom. The number of aryl methyl sites for hydroxylation is 1. The number of nitrogens with zero attached hydrogens (tertiary/aromatic N) is 4. The molecule has 1 aliphatic rings. The number of para-hydroxylation sites is 1. The molecular weight excluding hydrogens is 444 g/mol. The van der Waals surface area contributed by atoms with Crippen molar-refractivity contribution in [2.45, 2.75) is 50.5 Å². The average Bonchev–Trinajstić information content (AvgIpc) is 3.38. The molecule has 2 heterocycles. The number of benzene rings is 2. The van der Waals surface area contributed by atoms with Gasteiger partial charge >= 0.3 is 0 Å². The third-order valence-corrected chi connectivity index (χ3v) is 6.37. The Kier molecular flexibility index (Phi) is 6.35. The van der Waals surface area contributed by atoms with Gasteiger partial charge in [-0.1, -0.05) is 18.2 Å². The summed E-state index contributed by atoms with van der Waals surface area (Å²) < 4.78 is 5.90. The largest absolute Gasteiger partial charge is 0.420 e. The number of amides is 1. The monoisotopic (exact) mass is 468 g/mol. The Bertz CT molecular complexity index is 1460. The molecule has 0 radical (unpaired) electrons. The summed E-state index contributed by atoms with van der Waals surface area (Å²) in [4.78, 5) is 31.9. The summed E-state index contributed by atoms with van der Waals surface area (Å²) in [7, 11) is 0. The Morgan fingerprint density at radius 1 is 1.11 bits per heavy atom. The smallest absolute Gasteiger partial charge is 0.258 e. The molecule has 9 nitrogen and oxygen atoms in total. The third kappa shape index (κ3) is 5.11. The van der Waals surface area contributed by atoms with Gasteiger partial charge in [-0.05, 0) is 56.0 Å². The number of nitriles is 1. The van der Waals surface area contributed by atoms with Crippen molar-refractivity contribution >= 4 is 16.8 Å². The maximum atomic E-state index is 12.5. The predicted molar refractivity (Wildman–Crippen MR) is 128 cm³/mol. The lowest BCUT2D eigenvalue weighted by atomic mass is 9.86. The summed E-state index contributed by atoms with van der Waals surface area (Å²) >= 11 is 0. The van der Waals surface area contributed by atoms with Crippen LogP contribution in [-0.4, -0.2) is 32.1 Å². The van der Waals surface area contributed by atoms with Crippen molar-refractivity contribution in [3.05, 3.63) is 76.2 Å². The van der Waals surface area contributed by atoms with E-state index in [9.17, 15) is 9.59 Å². The van der Waals surface area contributed by atoms with Crippen LogP contribution in [0.5, 0.6) is 0 Å². The lowest BCUT2D eigenvalue weighted by molar-refractivity contribution is -0.122. The number of rotatable bonds is 6. The molecular formula is C26H24N6O3. The summed E-state index contributed by atoms with van der Waals surface area (Å²) in [5, 5.41) is 21.1. The Hall–Kier alpha value is -4.32. The lowest BCUT2D eigenvalue weighted by Crippen LogP contribution is -2.37. The Labute approximate surface area is 201 Å². The van der Waals surface area contributed by atoms with Gasteiger partial charge in [-0.3, -0.25) is 9.59 Å². The fourth-order valence-corrected chi connectivity index (χ4v) is 4.51. The second-order valence-electron chi connectivity index (χ2n) is 8.78. The van der Waals surface area contributed by atoms with Gasteiger partial charge in [0.25, 0.3) is 5.56 Å². The van der Waals surface area contributed by atoms with Crippen LogP contribution in [-0.2, 0) is 11.2 Å². The molecule has 1 saturated carbocycles. The molecule has 4 aromatic rings. The Morgan fingerprint density at radius 2 is 1.94 bits per heavy atom. The average molecular weight is 469 g/mol. The van der Waals surface area contributed by atoms with E-state index in [0.717, 1.165) is 31.2 Å². The number of hydrogen-bond donors (Lipinski definition) is 2. The quantitative estimate of drug-likeness (QED) is 0.441. The van der Waals surface area contributed by atoms with Gasteiger partial charge < -0.3 is 14.7 Å². The summed E-state index contributed by atoms with van der Waals surface area (Å²) in [5.41, 5.74) is 1.71. The highest BCUT2D eigenvalue weighted by molar-refractivity contribution is 5.78. The number of nitrogens with one attached hydrogen (secondary N) is 2. The van der Waals surface area contributed by atoms with Gasteiger partial charge in [0.15, 0.2) is 0 Å². The molecule has 35 heavy (non-hydrogen) atoms. The maximum Gasteiger partial charge on any atom is 0.258 e. The first-order valence-corrected chi connectivity index (χ1v) is 11.7. The van der Waals surface area contributed by atoms with Crippen LogP contribution in [0.2, 0.25) is 0 Å². The molecule has 9 heteroatoms. The van der Waals surface area contributed by atoms with E-state index in [1.54, 1.807) is 36.4 Å². The summed E-state index contributed by atoms with van der Waals surface area (Å²) in [6.45, 7) is 0. The number of hydrogen-bond acceptors (Lipinski definition) is 7. The van der Waals surface area contributed by atoms with Gasteiger partial charge in [-0.25, -0.2) is 4.98 Å². The van der Waals surface area contributed by atoms with E-state index < -0.39 is 0 Å². The minimum absolute atomic E-state index is 0.0540. The first kappa shape index (κ1) is 22.5. The van der Waals surface area contributed by atoms with Crippen molar-refractivity contribution in [1.82, 2.24) is 25.5 Å². The molecule has 0 spiro atoms. The van der Waals surface area contributed by atoms with Crippen LogP contribution in [0.4, 0.5) is 0 Å². The van der Waals surface area contributed by atoms with E-state index in [0.29, 0.717) is 40.5 Å². The van der Waals surface area contributed by atoms with Crippen LogP contribution in [0.15, 0.2) is 57.7 Å². The van der Waals surface area contributed by atoms with E-state index >= 15 is 0 Å². The molecule has 2 N–H and O–H groups in total. The highest BCUT2D eigenvalue weighted by Crippen LogP contribution is 2.33. The standard InChI is InChI=1S/C26H24N6O3/c27-15-16-4-3-5-18(14-16)26-32-31-25(35-26)17-8-10-19(11-9-17)28-23(33)13-12-22-29-21-7-2-1-6-20(21)24(34)30-22/h1-7,14,17,19H,8-13H2,(H,28,33)(H,29,30,34)/t17-,19-. The molecule has 0 atom stereocenters. The fourth-order valence-electron chi connectivity index (χ4n) is 4.51. The number of H-pyrrole nitrogens is 1. The van der Waals surface area contributed by atoms with Crippen LogP contribution in [0.25, 0.3) is 22.4 Å². The van der Waals surface area contributed by atoms with E-state index in [1.807, 2.05) is 12.1 Å². The minimum atomic E-state index is -0.189. The first-order valence-electron chi connectivity index (χ1n) is 11.7. The third-order valence-electron chi connectivity index (χ3n) is 6.37. The van der Waals surface area contributed by atoms with Crippen molar-refractivity contribution in [2.75, 3.05) is 0 Å². The number of carbonyl (C=O) groups excluding carboxylic acids is 1. The molecule has 2 aromatic heterocycles. The zero-order chi connectivity index (χ0) is 24.2. The van der Waals surface area contributed by atoms with Gasteiger partial charge in [0.1, 0.15) is 5.82 Å². The van der Waals surface area contributed by atoms with Gasteiger partial charge in [-0.2, -0.15) is 5.26 Å². The van der Waals surface area contributed by atoms with Crippen LogP contribution in [0, 0.1) is 11.3 Å². The van der Waals surface area contributed by atoms with E-state index in [4.69, 9.17) is 9.68 Å². The second kappa shape index (κ2) is 9.89. The molecule has 0 bridgehead atoms.